The molecule has 1 atom stereocenters. The fourth-order valence-electron chi connectivity index (χ4n) is 1.64. The first-order valence-electron chi connectivity index (χ1n) is 6.54. The number of nitrogens with one attached hydrogen (secondary N) is 1. The van der Waals surface area contributed by atoms with Gasteiger partial charge in [-0.15, -0.1) is 0 Å². The van der Waals surface area contributed by atoms with Gasteiger partial charge in [-0.05, 0) is 24.6 Å². The molecule has 0 bridgehead atoms. The number of benzene rings is 1. The third-order valence-electron chi connectivity index (χ3n) is 2.73. The lowest BCUT2D eigenvalue weighted by atomic mass is 10.1. The Balaban J connectivity index is 2.50. The second-order valence-corrected chi connectivity index (χ2v) is 5.79. The van der Waals surface area contributed by atoms with Crippen LogP contribution in [0.2, 0.25) is 5.02 Å². The molecule has 0 spiro atoms. The van der Waals surface area contributed by atoms with Crippen LogP contribution in [0.4, 0.5) is 0 Å². The number of halogens is 2. The molecule has 1 amide bonds. The summed E-state index contributed by atoms with van der Waals surface area (Å²) in [4.78, 5) is 22.7. The van der Waals surface area contributed by atoms with Gasteiger partial charge in [-0.3, -0.25) is 4.79 Å². The van der Waals surface area contributed by atoms with Gasteiger partial charge in [0.15, 0.2) is 6.61 Å². The van der Waals surface area contributed by atoms with Crippen LogP contribution in [-0.2, 0) is 9.59 Å². The number of carbonyl (C=O) groups is 2. The maximum Gasteiger partial charge on any atom is 0.326 e. The molecule has 0 fully saturated rings. The van der Waals surface area contributed by atoms with Crippen molar-refractivity contribution in [2.75, 3.05) is 6.61 Å². The molecule has 0 saturated carbocycles. The van der Waals surface area contributed by atoms with E-state index in [9.17, 15) is 9.59 Å². The van der Waals surface area contributed by atoms with Crippen molar-refractivity contribution in [1.29, 1.82) is 0 Å². The molecule has 0 aliphatic rings. The highest BCUT2D eigenvalue weighted by atomic mass is 79.9. The van der Waals surface area contributed by atoms with Crippen molar-refractivity contribution in [3.63, 3.8) is 0 Å². The number of hydrogen-bond acceptors (Lipinski definition) is 3. The molecule has 0 heterocycles. The molecule has 0 radical (unpaired) electrons. The monoisotopic (exact) mass is 377 g/mol. The van der Waals surface area contributed by atoms with Crippen LogP contribution in [0.15, 0.2) is 22.7 Å². The predicted molar refractivity (Wildman–Crippen MR) is 83.7 cm³/mol. The zero-order chi connectivity index (χ0) is 15.8. The van der Waals surface area contributed by atoms with E-state index in [1.54, 1.807) is 18.2 Å². The number of amides is 1. The molecular formula is C14H17BrClNO4. The number of hydrogen-bond donors (Lipinski definition) is 2. The van der Waals surface area contributed by atoms with Gasteiger partial charge in [-0.25, -0.2) is 4.79 Å². The van der Waals surface area contributed by atoms with Crippen LogP contribution in [0.25, 0.3) is 0 Å². The topological polar surface area (TPSA) is 75.6 Å². The van der Waals surface area contributed by atoms with Crippen molar-refractivity contribution in [3.05, 3.63) is 27.7 Å². The standard InChI is InChI=1S/C14H17BrClNO4/c1-2-3-4-11(14(19)20)17-13(18)8-21-12-6-5-9(15)7-10(12)16/h5-7,11H,2-4,8H2,1H3,(H,17,18)(H,19,20). The molecule has 1 rings (SSSR count). The number of ether oxygens (including phenoxy) is 1. The van der Waals surface area contributed by atoms with Crippen molar-refractivity contribution in [2.24, 2.45) is 0 Å². The summed E-state index contributed by atoms with van der Waals surface area (Å²) in [6, 6.07) is 4.13. The minimum Gasteiger partial charge on any atom is -0.482 e. The third-order valence-corrected chi connectivity index (χ3v) is 3.52. The maximum atomic E-state index is 11.7. The highest BCUT2D eigenvalue weighted by molar-refractivity contribution is 9.10. The lowest BCUT2D eigenvalue weighted by molar-refractivity contribution is -0.142. The van der Waals surface area contributed by atoms with Crippen molar-refractivity contribution in [2.45, 2.75) is 32.2 Å². The number of unbranched alkanes of at least 4 members (excludes halogenated alkanes) is 1. The summed E-state index contributed by atoms with van der Waals surface area (Å²) < 4.78 is 6.08. The number of carbonyl (C=O) groups excluding carboxylic acids is 1. The van der Waals surface area contributed by atoms with Gasteiger partial charge in [-0.1, -0.05) is 47.3 Å². The number of aliphatic carboxylic acids is 1. The van der Waals surface area contributed by atoms with E-state index in [1.807, 2.05) is 6.92 Å². The Bertz CT molecular complexity index is 510. The average molecular weight is 379 g/mol. The van der Waals surface area contributed by atoms with Gasteiger partial charge in [0, 0.05) is 4.47 Å². The second-order valence-electron chi connectivity index (χ2n) is 4.46. The van der Waals surface area contributed by atoms with Crippen LogP contribution >= 0.6 is 27.5 Å². The van der Waals surface area contributed by atoms with E-state index < -0.39 is 17.9 Å². The van der Waals surface area contributed by atoms with Crippen LogP contribution < -0.4 is 10.1 Å². The zero-order valence-electron chi connectivity index (χ0n) is 11.6. The molecule has 1 unspecified atom stereocenters. The highest BCUT2D eigenvalue weighted by Gasteiger charge is 2.19. The van der Waals surface area contributed by atoms with E-state index in [0.717, 1.165) is 17.3 Å². The van der Waals surface area contributed by atoms with Gasteiger partial charge in [0.1, 0.15) is 11.8 Å². The molecule has 7 heteroatoms. The smallest absolute Gasteiger partial charge is 0.326 e. The average Bonchev–Trinajstić information content (AvgIpc) is 2.42. The Morgan fingerprint density at radius 1 is 1.48 bits per heavy atom. The minimum absolute atomic E-state index is 0.280. The molecule has 0 aromatic heterocycles. The first-order valence-corrected chi connectivity index (χ1v) is 7.71. The zero-order valence-corrected chi connectivity index (χ0v) is 13.9. The van der Waals surface area contributed by atoms with E-state index >= 15 is 0 Å². The Morgan fingerprint density at radius 3 is 2.76 bits per heavy atom. The maximum absolute atomic E-state index is 11.7. The summed E-state index contributed by atoms with van der Waals surface area (Å²) in [6.45, 7) is 1.68. The van der Waals surface area contributed by atoms with E-state index in [-0.39, 0.29) is 6.61 Å². The van der Waals surface area contributed by atoms with Crippen LogP contribution in [0, 0.1) is 0 Å². The first-order chi connectivity index (χ1) is 9.93. The van der Waals surface area contributed by atoms with Crippen molar-refractivity contribution in [3.8, 4) is 5.75 Å². The Labute approximate surface area is 136 Å². The largest absolute Gasteiger partial charge is 0.482 e. The van der Waals surface area contributed by atoms with Crippen LogP contribution in [-0.4, -0.2) is 29.6 Å². The van der Waals surface area contributed by atoms with Gasteiger partial charge < -0.3 is 15.2 Å². The Hall–Kier alpha value is -1.27. The van der Waals surface area contributed by atoms with E-state index in [2.05, 4.69) is 21.2 Å². The molecule has 1 aromatic carbocycles. The summed E-state index contributed by atoms with van der Waals surface area (Å²) in [7, 11) is 0. The number of carboxylic acid groups (broad SMARTS) is 1. The quantitative estimate of drug-likeness (QED) is 0.728. The molecule has 0 saturated heterocycles. The first kappa shape index (κ1) is 17.8. The molecule has 21 heavy (non-hydrogen) atoms. The summed E-state index contributed by atoms with van der Waals surface area (Å²) in [5, 5.41) is 11.8. The second kappa shape index (κ2) is 8.89. The molecule has 116 valence electrons. The summed E-state index contributed by atoms with van der Waals surface area (Å²) in [5.41, 5.74) is 0. The van der Waals surface area contributed by atoms with Gasteiger partial charge in [0.2, 0.25) is 0 Å². The molecule has 2 N–H and O–H groups in total. The van der Waals surface area contributed by atoms with Crippen molar-refractivity contribution >= 4 is 39.4 Å². The predicted octanol–water partition coefficient (Wildman–Crippen LogP) is 3.24. The van der Waals surface area contributed by atoms with E-state index in [4.69, 9.17) is 21.4 Å². The Kier molecular flexibility index (Phi) is 7.53. The van der Waals surface area contributed by atoms with Crippen LogP contribution in [0.1, 0.15) is 26.2 Å². The van der Waals surface area contributed by atoms with Gasteiger partial charge >= 0.3 is 5.97 Å². The number of carboxylic acids is 1. The van der Waals surface area contributed by atoms with Gasteiger partial charge in [-0.2, -0.15) is 0 Å². The van der Waals surface area contributed by atoms with Gasteiger partial charge in [0.05, 0.1) is 5.02 Å². The lowest BCUT2D eigenvalue weighted by Gasteiger charge is -2.14. The summed E-state index contributed by atoms with van der Waals surface area (Å²) in [6.07, 6.45) is 2.00. The van der Waals surface area contributed by atoms with Crippen LogP contribution in [0.3, 0.4) is 0 Å². The van der Waals surface area contributed by atoms with Crippen molar-refractivity contribution < 1.29 is 19.4 Å². The highest BCUT2D eigenvalue weighted by Crippen LogP contribution is 2.27. The van der Waals surface area contributed by atoms with Crippen molar-refractivity contribution in [1.82, 2.24) is 5.32 Å². The molecule has 5 nitrogen and oxygen atoms in total. The van der Waals surface area contributed by atoms with E-state index in [1.165, 1.54) is 0 Å². The summed E-state index contributed by atoms with van der Waals surface area (Å²) in [5.74, 6) is -1.16. The fourth-order valence-corrected chi connectivity index (χ4v) is 2.37. The fraction of sp³-hybridized carbons (Fsp3) is 0.429. The normalized spacial score (nSPS) is 11.8. The third kappa shape index (κ3) is 6.35. The molecule has 0 aliphatic heterocycles. The molecule has 1 aromatic rings. The SMILES string of the molecule is CCCCC(NC(=O)COc1ccc(Br)cc1Cl)C(=O)O. The minimum atomic E-state index is -1.04. The molecular weight excluding hydrogens is 362 g/mol. The summed E-state index contributed by atoms with van der Waals surface area (Å²) >= 11 is 9.22. The van der Waals surface area contributed by atoms with E-state index in [0.29, 0.717) is 17.2 Å². The molecule has 0 aliphatic carbocycles. The van der Waals surface area contributed by atoms with Gasteiger partial charge in [0.25, 0.3) is 5.91 Å². The lowest BCUT2D eigenvalue weighted by Crippen LogP contribution is -2.42. The number of rotatable bonds is 8. The van der Waals surface area contributed by atoms with Crippen LogP contribution in [0.5, 0.6) is 5.75 Å². The Morgan fingerprint density at radius 2 is 2.19 bits per heavy atom.